The molecule has 4 nitrogen and oxygen atoms in total. The Hall–Kier alpha value is -3.70. The molecule has 0 aliphatic heterocycles. The lowest BCUT2D eigenvalue weighted by atomic mass is 10.1. The number of thiophene rings is 1. The second-order valence-corrected chi connectivity index (χ2v) is 10.0. The number of hydrogen-bond donors (Lipinski definition) is 0. The summed E-state index contributed by atoms with van der Waals surface area (Å²) in [4.78, 5) is 20.7. The Balaban J connectivity index is 1.63. The zero-order valence-electron chi connectivity index (χ0n) is 21.3. The molecule has 0 bridgehead atoms. The highest BCUT2D eigenvalue weighted by Crippen LogP contribution is 2.37. The van der Waals surface area contributed by atoms with Crippen LogP contribution in [0.4, 0.5) is 17.1 Å². The van der Waals surface area contributed by atoms with Gasteiger partial charge in [-0.05, 0) is 80.8 Å². The Morgan fingerprint density at radius 2 is 1.33 bits per heavy atom. The first-order valence-corrected chi connectivity index (χ1v) is 13.1. The van der Waals surface area contributed by atoms with Gasteiger partial charge in [0.05, 0.1) is 10.6 Å². The summed E-state index contributed by atoms with van der Waals surface area (Å²) < 4.78 is 0. The fourth-order valence-electron chi connectivity index (χ4n) is 3.94. The van der Waals surface area contributed by atoms with Gasteiger partial charge in [-0.25, -0.2) is 4.79 Å². The molecule has 0 amide bonds. The number of nitrogens with zero attached hydrogens (tertiary/aromatic N) is 2. The zero-order valence-corrected chi connectivity index (χ0v) is 22.1. The van der Waals surface area contributed by atoms with Crippen LogP contribution in [0.1, 0.15) is 49.1 Å². The van der Waals surface area contributed by atoms with E-state index in [9.17, 15) is 4.79 Å². The molecule has 3 aromatic carbocycles. The Morgan fingerprint density at radius 3 is 1.83 bits per heavy atom. The maximum atomic E-state index is 11.3. The van der Waals surface area contributed by atoms with E-state index < -0.39 is 5.97 Å². The monoisotopic (exact) mass is 496 g/mol. The van der Waals surface area contributed by atoms with Crippen molar-refractivity contribution in [1.29, 1.82) is 0 Å². The molecule has 0 atom stereocenters. The van der Waals surface area contributed by atoms with Crippen LogP contribution in [-0.4, -0.2) is 11.7 Å². The van der Waals surface area contributed by atoms with Crippen LogP contribution in [0.3, 0.4) is 0 Å². The number of hydrogen-bond acceptors (Lipinski definition) is 5. The normalized spacial score (nSPS) is 11.4. The smallest absolute Gasteiger partial charge is 0.318 e. The van der Waals surface area contributed by atoms with Crippen molar-refractivity contribution in [3.63, 3.8) is 0 Å². The molecular weight excluding hydrogens is 464 g/mol. The summed E-state index contributed by atoms with van der Waals surface area (Å²) in [6, 6.07) is 30.1. The Kier molecular flexibility index (Phi) is 8.34. The van der Waals surface area contributed by atoms with E-state index in [1.807, 2.05) is 0 Å². The number of rotatable bonds is 9. The van der Waals surface area contributed by atoms with Crippen LogP contribution in [0.2, 0.25) is 0 Å². The van der Waals surface area contributed by atoms with E-state index in [0.29, 0.717) is 0 Å². The lowest BCUT2D eigenvalue weighted by Crippen LogP contribution is -2.09. The number of oxime groups is 1. The molecule has 4 aromatic rings. The van der Waals surface area contributed by atoms with Crippen molar-refractivity contribution in [3.8, 4) is 10.4 Å². The summed E-state index contributed by atoms with van der Waals surface area (Å²) in [6.07, 6.45) is 2.83. The van der Waals surface area contributed by atoms with Crippen LogP contribution < -0.4 is 4.90 Å². The Morgan fingerprint density at radius 1 is 0.806 bits per heavy atom. The van der Waals surface area contributed by atoms with Crippen molar-refractivity contribution in [2.24, 2.45) is 5.16 Å². The number of anilines is 3. The minimum atomic E-state index is -0.400. The van der Waals surface area contributed by atoms with Gasteiger partial charge < -0.3 is 9.74 Å². The Labute approximate surface area is 217 Å². The molecule has 0 saturated carbocycles. The number of benzene rings is 3. The van der Waals surface area contributed by atoms with E-state index in [4.69, 9.17) is 4.84 Å². The van der Waals surface area contributed by atoms with E-state index in [2.05, 4.69) is 116 Å². The van der Waals surface area contributed by atoms with Gasteiger partial charge in [0, 0.05) is 28.9 Å². The van der Waals surface area contributed by atoms with E-state index in [0.717, 1.165) is 57.4 Å². The fourth-order valence-corrected chi connectivity index (χ4v) is 4.96. The van der Waals surface area contributed by atoms with Crippen LogP contribution in [0.5, 0.6) is 0 Å². The molecule has 184 valence electrons. The average molecular weight is 497 g/mol. The average Bonchev–Trinajstić information content (AvgIpc) is 3.37. The molecule has 0 fully saturated rings. The van der Waals surface area contributed by atoms with E-state index in [1.165, 1.54) is 18.1 Å². The van der Waals surface area contributed by atoms with Gasteiger partial charge in [0.25, 0.3) is 0 Å². The molecule has 36 heavy (non-hydrogen) atoms. The molecule has 5 heteroatoms. The van der Waals surface area contributed by atoms with Crippen molar-refractivity contribution in [2.75, 3.05) is 4.90 Å². The zero-order chi connectivity index (χ0) is 25.5. The van der Waals surface area contributed by atoms with Gasteiger partial charge in [0.1, 0.15) is 0 Å². The third-order valence-corrected chi connectivity index (χ3v) is 7.12. The summed E-state index contributed by atoms with van der Waals surface area (Å²) in [7, 11) is 0. The summed E-state index contributed by atoms with van der Waals surface area (Å²) >= 11 is 1.67. The molecule has 0 saturated heterocycles. The fraction of sp³-hybridized carbons (Fsp3) is 0.226. The largest absolute Gasteiger partial charge is 0.331 e. The number of carbonyl (C=O) groups is 1. The predicted molar refractivity (Wildman–Crippen MR) is 152 cm³/mol. The molecular formula is C31H32N2O2S. The van der Waals surface area contributed by atoms with Gasteiger partial charge in [0.2, 0.25) is 0 Å². The molecule has 1 heterocycles. The first-order valence-electron chi connectivity index (χ1n) is 12.3. The Bertz CT molecular complexity index is 1280. The number of unbranched alkanes of at least 4 members (excludes halogenated alkanes) is 1. The highest BCUT2D eigenvalue weighted by molar-refractivity contribution is 7.17. The second-order valence-electron chi connectivity index (χ2n) is 8.94. The third-order valence-electron chi connectivity index (χ3n) is 5.94. The quantitative estimate of drug-likeness (QED) is 0.132. The van der Waals surface area contributed by atoms with Crippen molar-refractivity contribution in [1.82, 2.24) is 0 Å². The highest BCUT2D eigenvalue weighted by atomic mass is 32.1. The molecule has 4 rings (SSSR count). The first-order chi connectivity index (χ1) is 17.4. The maximum Gasteiger partial charge on any atom is 0.331 e. The van der Waals surface area contributed by atoms with E-state index >= 15 is 0 Å². The second kappa shape index (κ2) is 11.8. The van der Waals surface area contributed by atoms with Crippen molar-refractivity contribution >= 4 is 40.1 Å². The van der Waals surface area contributed by atoms with Crippen LogP contribution >= 0.6 is 11.3 Å². The molecule has 0 unspecified atom stereocenters. The molecule has 0 N–H and O–H groups in total. The number of carbonyl (C=O) groups excluding carboxylic acids is 1. The molecule has 0 aliphatic rings. The summed E-state index contributed by atoms with van der Waals surface area (Å²) in [5, 5.41) is 4.13. The van der Waals surface area contributed by atoms with Crippen molar-refractivity contribution in [3.05, 3.63) is 101 Å². The lowest BCUT2D eigenvalue weighted by Gasteiger charge is -2.26. The van der Waals surface area contributed by atoms with Gasteiger partial charge in [-0.15, -0.1) is 11.3 Å². The van der Waals surface area contributed by atoms with Crippen molar-refractivity contribution in [2.45, 2.75) is 47.0 Å². The van der Waals surface area contributed by atoms with E-state index in [1.54, 1.807) is 11.3 Å². The first kappa shape index (κ1) is 25.4. The standard InChI is InChI=1S/C31H32N2O2S/c1-5-6-7-29(32-35-24(4)34)31-21-20-30(36-31)25-12-18-28(19-13-25)33(26-14-8-22(2)9-15-26)27-16-10-23(3)11-17-27/h8-21H,5-7H2,1-4H3/b32-29+. The van der Waals surface area contributed by atoms with Gasteiger partial charge in [0.15, 0.2) is 0 Å². The summed E-state index contributed by atoms with van der Waals surface area (Å²) in [5.74, 6) is -0.400. The highest BCUT2D eigenvalue weighted by Gasteiger charge is 2.14. The SMILES string of the molecule is CCCC/C(=N\OC(C)=O)c1ccc(-c2ccc(N(c3ccc(C)cc3)c3ccc(C)cc3)cc2)s1. The summed E-state index contributed by atoms with van der Waals surface area (Å²) in [5.41, 5.74) is 7.79. The number of aryl methyl sites for hydroxylation is 2. The topological polar surface area (TPSA) is 41.9 Å². The molecule has 0 spiro atoms. The van der Waals surface area contributed by atoms with Gasteiger partial charge in [-0.2, -0.15) is 0 Å². The van der Waals surface area contributed by atoms with Crippen molar-refractivity contribution < 1.29 is 9.63 Å². The molecule has 1 aromatic heterocycles. The predicted octanol–water partition coefficient (Wildman–Crippen LogP) is 8.96. The van der Waals surface area contributed by atoms with Crippen LogP contribution in [0, 0.1) is 13.8 Å². The molecule has 0 aliphatic carbocycles. The minimum absolute atomic E-state index is 0.400. The van der Waals surface area contributed by atoms with Crippen LogP contribution in [0.25, 0.3) is 10.4 Å². The lowest BCUT2D eigenvalue weighted by molar-refractivity contribution is -0.140. The van der Waals surface area contributed by atoms with E-state index in [-0.39, 0.29) is 0 Å². The summed E-state index contributed by atoms with van der Waals surface area (Å²) in [6.45, 7) is 7.73. The van der Waals surface area contributed by atoms with Gasteiger partial charge >= 0.3 is 5.97 Å². The van der Waals surface area contributed by atoms with Crippen LogP contribution in [-0.2, 0) is 9.63 Å². The molecule has 0 radical (unpaired) electrons. The van der Waals surface area contributed by atoms with Crippen LogP contribution in [0.15, 0.2) is 90.1 Å². The minimum Gasteiger partial charge on any atom is -0.318 e. The van der Waals surface area contributed by atoms with Gasteiger partial charge in [-0.3, -0.25) is 0 Å². The third kappa shape index (κ3) is 6.29. The van der Waals surface area contributed by atoms with Gasteiger partial charge in [-0.1, -0.05) is 66.0 Å². The maximum absolute atomic E-state index is 11.3.